The molecule has 0 spiro atoms. The van der Waals surface area contributed by atoms with Crippen LogP contribution in [0.3, 0.4) is 0 Å². The first-order valence-corrected chi connectivity index (χ1v) is 7.65. The van der Waals surface area contributed by atoms with Crippen molar-refractivity contribution in [2.75, 3.05) is 23.3 Å². The number of anilines is 3. The van der Waals surface area contributed by atoms with Crippen molar-refractivity contribution < 1.29 is 0 Å². The van der Waals surface area contributed by atoms with Crippen molar-refractivity contribution in [2.24, 2.45) is 0 Å². The molecule has 2 heterocycles. The Hall–Kier alpha value is -2.10. The van der Waals surface area contributed by atoms with Gasteiger partial charge in [0.25, 0.3) is 0 Å². The zero-order chi connectivity index (χ0) is 14.7. The molecule has 2 aromatic rings. The van der Waals surface area contributed by atoms with E-state index in [1.165, 1.54) is 30.4 Å². The number of nitrogens with zero attached hydrogens (tertiary/aromatic N) is 3. The minimum absolute atomic E-state index is 0.792. The zero-order valence-electron chi connectivity index (χ0n) is 12.8. The fraction of sp³-hybridized carbons (Fsp3) is 0.412. The smallest absolute Gasteiger partial charge is 0.153 e. The number of aromatic nitrogens is 2. The van der Waals surface area contributed by atoms with Gasteiger partial charge in [-0.3, -0.25) is 0 Å². The first kappa shape index (κ1) is 13.9. The van der Waals surface area contributed by atoms with Gasteiger partial charge in [0.2, 0.25) is 0 Å². The Morgan fingerprint density at radius 3 is 2.24 bits per heavy atom. The van der Waals surface area contributed by atoms with Crippen molar-refractivity contribution >= 4 is 17.3 Å². The Morgan fingerprint density at radius 2 is 1.62 bits per heavy atom. The molecule has 0 unspecified atom stereocenters. The van der Waals surface area contributed by atoms with Crippen molar-refractivity contribution in [2.45, 2.75) is 33.1 Å². The molecule has 3 rings (SSSR count). The van der Waals surface area contributed by atoms with Gasteiger partial charge in [0, 0.05) is 18.8 Å². The Kier molecular flexibility index (Phi) is 4.04. The summed E-state index contributed by atoms with van der Waals surface area (Å²) in [5.41, 5.74) is 3.55. The van der Waals surface area contributed by atoms with Crippen LogP contribution >= 0.6 is 0 Å². The highest BCUT2D eigenvalue weighted by atomic mass is 15.3. The van der Waals surface area contributed by atoms with E-state index in [4.69, 9.17) is 0 Å². The molecule has 0 bridgehead atoms. The maximum Gasteiger partial charge on any atom is 0.153 e. The van der Waals surface area contributed by atoms with Crippen LogP contribution < -0.4 is 10.2 Å². The predicted octanol–water partition coefficient (Wildman–Crippen LogP) is 3.83. The first-order chi connectivity index (χ1) is 10.2. The average Bonchev–Trinajstić information content (AvgIpc) is 2.48. The highest BCUT2D eigenvalue weighted by Crippen LogP contribution is 2.20. The molecule has 1 N–H and O–H groups in total. The zero-order valence-corrected chi connectivity index (χ0v) is 12.8. The van der Waals surface area contributed by atoms with Crippen molar-refractivity contribution in [3.63, 3.8) is 0 Å². The molecule has 0 amide bonds. The summed E-state index contributed by atoms with van der Waals surface area (Å²) in [7, 11) is 0. The molecule has 21 heavy (non-hydrogen) atoms. The molecular weight excluding hydrogens is 260 g/mol. The number of piperidine rings is 1. The van der Waals surface area contributed by atoms with E-state index < -0.39 is 0 Å². The summed E-state index contributed by atoms with van der Waals surface area (Å²) in [4.78, 5) is 2.32. The second-order valence-electron chi connectivity index (χ2n) is 5.83. The normalized spacial score (nSPS) is 15.0. The van der Waals surface area contributed by atoms with Gasteiger partial charge < -0.3 is 10.2 Å². The van der Waals surface area contributed by atoms with Gasteiger partial charge in [-0.05, 0) is 68.5 Å². The number of nitrogens with one attached hydrogen (secondary N) is 1. The second-order valence-corrected chi connectivity index (χ2v) is 5.83. The summed E-state index contributed by atoms with van der Waals surface area (Å²) in [6.07, 6.45) is 3.84. The van der Waals surface area contributed by atoms with Gasteiger partial charge in [-0.2, -0.15) is 0 Å². The second kappa shape index (κ2) is 6.12. The van der Waals surface area contributed by atoms with E-state index in [0.29, 0.717) is 0 Å². The number of hydrogen-bond acceptors (Lipinski definition) is 4. The van der Waals surface area contributed by atoms with Crippen LogP contribution in [-0.4, -0.2) is 23.3 Å². The average molecular weight is 282 g/mol. The van der Waals surface area contributed by atoms with E-state index >= 15 is 0 Å². The summed E-state index contributed by atoms with van der Waals surface area (Å²) in [5, 5.41) is 12.0. The van der Waals surface area contributed by atoms with Crippen LogP contribution in [0, 0.1) is 13.8 Å². The molecule has 4 nitrogen and oxygen atoms in total. The standard InChI is InChI=1S/C17H22N4/c1-13-10-14(2)12-15(11-13)18-16-6-7-17(20-19-16)21-8-4-3-5-9-21/h6-7,10-12H,3-5,8-9H2,1-2H3,(H,18,19). The maximum atomic E-state index is 4.36. The molecule has 1 aromatic carbocycles. The molecule has 1 aliphatic rings. The van der Waals surface area contributed by atoms with Crippen molar-refractivity contribution in [1.29, 1.82) is 0 Å². The van der Waals surface area contributed by atoms with Crippen LogP contribution in [0.15, 0.2) is 30.3 Å². The highest BCUT2D eigenvalue weighted by Gasteiger charge is 2.12. The largest absolute Gasteiger partial charge is 0.355 e. The number of aryl methyl sites for hydroxylation is 2. The molecule has 0 aliphatic carbocycles. The van der Waals surface area contributed by atoms with E-state index in [1.54, 1.807) is 0 Å². The monoisotopic (exact) mass is 282 g/mol. The molecule has 1 saturated heterocycles. The van der Waals surface area contributed by atoms with Crippen LogP contribution in [-0.2, 0) is 0 Å². The van der Waals surface area contributed by atoms with Gasteiger partial charge in [0.15, 0.2) is 11.6 Å². The van der Waals surface area contributed by atoms with Gasteiger partial charge in [0.05, 0.1) is 0 Å². The fourth-order valence-corrected chi connectivity index (χ4v) is 2.88. The molecule has 0 atom stereocenters. The Bertz CT molecular complexity index is 580. The molecular formula is C17H22N4. The molecule has 4 heteroatoms. The summed E-state index contributed by atoms with van der Waals surface area (Å²) < 4.78 is 0. The summed E-state index contributed by atoms with van der Waals surface area (Å²) in [6, 6.07) is 10.5. The highest BCUT2D eigenvalue weighted by molar-refractivity contribution is 5.58. The van der Waals surface area contributed by atoms with Gasteiger partial charge >= 0.3 is 0 Å². The molecule has 0 saturated carbocycles. The number of benzene rings is 1. The molecule has 1 fully saturated rings. The lowest BCUT2D eigenvalue weighted by Crippen LogP contribution is -2.30. The minimum Gasteiger partial charge on any atom is -0.355 e. The third-order valence-electron chi connectivity index (χ3n) is 3.82. The van der Waals surface area contributed by atoms with Gasteiger partial charge in [-0.25, -0.2) is 0 Å². The maximum absolute atomic E-state index is 4.36. The lowest BCUT2D eigenvalue weighted by atomic mass is 10.1. The molecule has 0 radical (unpaired) electrons. The minimum atomic E-state index is 0.792. The lowest BCUT2D eigenvalue weighted by molar-refractivity contribution is 0.571. The Balaban J connectivity index is 1.71. The van der Waals surface area contributed by atoms with Crippen LogP contribution in [0.25, 0.3) is 0 Å². The topological polar surface area (TPSA) is 41.0 Å². The van der Waals surface area contributed by atoms with Gasteiger partial charge in [-0.1, -0.05) is 6.07 Å². The Morgan fingerprint density at radius 1 is 0.905 bits per heavy atom. The molecule has 110 valence electrons. The van der Waals surface area contributed by atoms with E-state index in [-0.39, 0.29) is 0 Å². The first-order valence-electron chi connectivity index (χ1n) is 7.65. The van der Waals surface area contributed by atoms with Crippen molar-refractivity contribution in [3.05, 3.63) is 41.5 Å². The fourth-order valence-electron chi connectivity index (χ4n) is 2.88. The Labute approximate surface area is 126 Å². The summed E-state index contributed by atoms with van der Waals surface area (Å²) in [5.74, 6) is 1.78. The van der Waals surface area contributed by atoms with Gasteiger partial charge in [-0.15, -0.1) is 10.2 Å². The predicted molar refractivity (Wildman–Crippen MR) is 87.3 cm³/mol. The lowest BCUT2D eigenvalue weighted by Gasteiger charge is -2.27. The van der Waals surface area contributed by atoms with E-state index in [2.05, 4.69) is 58.5 Å². The van der Waals surface area contributed by atoms with Crippen LogP contribution in [0.4, 0.5) is 17.3 Å². The third-order valence-corrected chi connectivity index (χ3v) is 3.82. The molecule has 1 aromatic heterocycles. The van der Waals surface area contributed by atoms with Crippen LogP contribution in [0.1, 0.15) is 30.4 Å². The van der Waals surface area contributed by atoms with Crippen LogP contribution in [0.5, 0.6) is 0 Å². The summed E-state index contributed by atoms with van der Waals surface area (Å²) >= 11 is 0. The van der Waals surface area contributed by atoms with E-state index in [1.807, 2.05) is 6.07 Å². The third kappa shape index (κ3) is 3.51. The SMILES string of the molecule is Cc1cc(C)cc(Nc2ccc(N3CCCCC3)nn2)c1. The number of hydrogen-bond donors (Lipinski definition) is 1. The molecule has 1 aliphatic heterocycles. The number of rotatable bonds is 3. The van der Waals surface area contributed by atoms with E-state index in [0.717, 1.165) is 30.4 Å². The quantitative estimate of drug-likeness (QED) is 0.929. The van der Waals surface area contributed by atoms with Crippen LogP contribution in [0.2, 0.25) is 0 Å². The van der Waals surface area contributed by atoms with E-state index in [9.17, 15) is 0 Å². The van der Waals surface area contributed by atoms with Gasteiger partial charge in [0.1, 0.15) is 0 Å². The summed E-state index contributed by atoms with van der Waals surface area (Å²) in [6.45, 7) is 6.39. The van der Waals surface area contributed by atoms with Crippen molar-refractivity contribution in [3.8, 4) is 0 Å². The van der Waals surface area contributed by atoms with Crippen molar-refractivity contribution in [1.82, 2.24) is 10.2 Å².